The van der Waals surface area contributed by atoms with Crippen molar-refractivity contribution in [3.05, 3.63) is 154 Å². The molecular formula is C53H57ClF4N4O9. The first-order valence-electron chi connectivity index (χ1n) is 22.9. The number of rotatable bonds is 17. The molecule has 2 aliphatic rings. The van der Waals surface area contributed by atoms with Crippen LogP contribution in [-0.2, 0) is 27.0 Å². The van der Waals surface area contributed by atoms with Crippen molar-refractivity contribution in [2.24, 2.45) is 16.8 Å². The van der Waals surface area contributed by atoms with E-state index in [0.717, 1.165) is 61.7 Å². The van der Waals surface area contributed by atoms with E-state index in [-0.39, 0.29) is 31.5 Å². The predicted molar refractivity (Wildman–Crippen MR) is 263 cm³/mol. The van der Waals surface area contributed by atoms with Crippen LogP contribution in [0, 0.1) is 18.7 Å². The Morgan fingerprint density at radius 2 is 1.59 bits per heavy atom. The van der Waals surface area contributed by atoms with Gasteiger partial charge in [0.1, 0.15) is 23.9 Å². The molecule has 0 amide bonds. The number of hydrogen-bond acceptors (Lipinski definition) is 11. The number of halogens is 5. The standard InChI is InChI=1S/C19H16ClNO4.C19H20FNO3.C15H21F3N2O2/c1-11-15(10-18(22)23)16-9-14(25-2)7-8-17(16)21(11)19(24)12-3-5-13(20)6-4-12;20-15-3-1-13(2-4-15)17-7-8-21-10-14(17)11-22-16-5-6-18-19(9-16)24-12-23-18;1-21-10-3-2-4-14(20-22-11-9-19)12-5-7-13(8-6-12)15(16,17)18/h3-9H,10H2,1-2H3,(H,22,23);1-6,9,14,17,21H,7-8,10-12H2;5-8H,2-4,9-11,19H2,1H3/b;;20-14+/t;14-,17-;/m.0./s1. The van der Waals surface area contributed by atoms with Gasteiger partial charge >= 0.3 is 12.1 Å². The Labute approximate surface area is 414 Å². The normalized spacial score (nSPS) is 15.3. The quantitative estimate of drug-likeness (QED) is 0.0345. The lowest BCUT2D eigenvalue weighted by atomic mass is 9.81. The lowest BCUT2D eigenvalue weighted by molar-refractivity contribution is -0.138. The average Bonchev–Trinajstić information content (AvgIpc) is 3.95. The van der Waals surface area contributed by atoms with Crippen molar-refractivity contribution in [1.82, 2.24) is 9.88 Å². The SMILES string of the molecule is COCCCC/C(=N\OCCN)c1ccc(C(F)(F)F)cc1.COc1ccc2c(c1)c(CC(=O)O)c(C)n2C(=O)c1ccc(Cl)cc1.Fc1ccc([C@@H]2CCNC[C@H]2COc2ccc3c(c2)OCO3)cc1. The van der Waals surface area contributed by atoms with Crippen molar-refractivity contribution < 1.29 is 60.8 Å². The van der Waals surface area contributed by atoms with Crippen LogP contribution in [-0.4, -0.2) is 87.7 Å². The Kier molecular flexibility index (Phi) is 19.6. The number of carbonyl (C=O) groups is 2. The van der Waals surface area contributed by atoms with Gasteiger partial charge in [-0.2, -0.15) is 13.2 Å². The molecule has 1 saturated heterocycles. The van der Waals surface area contributed by atoms with E-state index in [1.807, 2.05) is 30.3 Å². The first-order valence-corrected chi connectivity index (χ1v) is 23.3. The van der Waals surface area contributed by atoms with Crippen LogP contribution in [0.5, 0.6) is 23.0 Å². The third-order valence-electron chi connectivity index (χ3n) is 11.8. The summed E-state index contributed by atoms with van der Waals surface area (Å²) in [5.41, 5.74) is 9.37. The van der Waals surface area contributed by atoms with Crippen LogP contribution in [0.15, 0.2) is 114 Å². The zero-order valence-corrected chi connectivity index (χ0v) is 40.4. The second kappa shape index (κ2) is 26.0. The van der Waals surface area contributed by atoms with E-state index in [9.17, 15) is 32.3 Å². The molecule has 18 heteroatoms. The summed E-state index contributed by atoms with van der Waals surface area (Å²) in [6, 6.07) is 29.2. The van der Waals surface area contributed by atoms with Crippen LogP contribution in [0.2, 0.25) is 5.02 Å². The number of unbranched alkanes of at least 4 members (excludes halogenated alkanes) is 1. The Bertz CT molecular complexity index is 2720. The number of carboxylic acids is 1. The van der Waals surface area contributed by atoms with E-state index in [2.05, 4.69) is 10.5 Å². The highest BCUT2D eigenvalue weighted by Gasteiger charge is 2.30. The second-order valence-corrected chi connectivity index (χ2v) is 17.0. The van der Waals surface area contributed by atoms with Gasteiger partial charge in [-0.3, -0.25) is 14.2 Å². The number of methoxy groups -OCH3 is 2. The van der Waals surface area contributed by atoms with Crippen molar-refractivity contribution in [2.75, 3.05) is 60.5 Å². The Morgan fingerprint density at radius 3 is 2.27 bits per heavy atom. The summed E-state index contributed by atoms with van der Waals surface area (Å²) in [5.74, 6) is 2.20. The number of nitrogens with one attached hydrogen (secondary N) is 1. The minimum absolute atomic E-state index is 0.170. The van der Waals surface area contributed by atoms with Gasteiger partial charge < -0.3 is 44.7 Å². The van der Waals surface area contributed by atoms with E-state index in [0.29, 0.717) is 87.8 Å². The minimum atomic E-state index is -4.34. The smallest absolute Gasteiger partial charge is 0.416 e. The average molecular weight is 1010 g/mol. The van der Waals surface area contributed by atoms with Gasteiger partial charge in [-0.05, 0) is 141 Å². The number of carboxylic acid groups (broad SMARTS) is 1. The molecule has 0 unspecified atom stereocenters. The van der Waals surface area contributed by atoms with Crippen molar-refractivity contribution >= 4 is 40.1 Å². The molecule has 1 aromatic heterocycles. The Hall–Kier alpha value is -6.66. The van der Waals surface area contributed by atoms with Gasteiger partial charge in [-0.1, -0.05) is 41.0 Å². The molecule has 8 rings (SSSR count). The predicted octanol–water partition coefficient (Wildman–Crippen LogP) is 10.5. The number of benzene rings is 5. The van der Waals surface area contributed by atoms with Gasteiger partial charge in [0.05, 0.1) is 36.9 Å². The highest BCUT2D eigenvalue weighted by atomic mass is 35.5. The monoisotopic (exact) mass is 1000 g/mol. The third-order valence-corrected chi connectivity index (χ3v) is 12.1. The van der Waals surface area contributed by atoms with E-state index in [1.54, 1.807) is 63.6 Å². The highest BCUT2D eigenvalue weighted by molar-refractivity contribution is 6.30. The van der Waals surface area contributed by atoms with Gasteiger partial charge in [0.25, 0.3) is 5.91 Å². The number of aliphatic carboxylic acids is 1. The molecule has 378 valence electrons. The topological polar surface area (TPSA) is 165 Å². The largest absolute Gasteiger partial charge is 0.497 e. The van der Waals surface area contributed by atoms with Gasteiger partial charge in [0.2, 0.25) is 6.79 Å². The number of carbonyl (C=O) groups excluding carboxylic acids is 1. The second-order valence-electron chi connectivity index (χ2n) is 16.6. The molecule has 2 aliphatic heterocycles. The Balaban J connectivity index is 0.000000175. The molecule has 0 spiro atoms. The summed E-state index contributed by atoms with van der Waals surface area (Å²) >= 11 is 5.89. The zero-order valence-electron chi connectivity index (χ0n) is 39.6. The molecule has 13 nitrogen and oxygen atoms in total. The third kappa shape index (κ3) is 14.9. The molecule has 2 atom stereocenters. The number of piperidine rings is 1. The fourth-order valence-corrected chi connectivity index (χ4v) is 8.30. The van der Waals surface area contributed by atoms with Crippen molar-refractivity contribution in [1.29, 1.82) is 0 Å². The number of aromatic nitrogens is 1. The van der Waals surface area contributed by atoms with Crippen LogP contribution in [0.4, 0.5) is 17.6 Å². The molecule has 0 radical (unpaired) electrons. The van der Waals surface area contributed by atoms with Gasteiger partial charge in [-0.25, -0.2) is 4.39 Å². The Morgan fingerprint density at radius 1 is 0.887 bits per heavy atom. The fourth-order valence-electron chi connectivity index (χ4n) is 8.17. The number of oxime groups is 1. The summed E-state index contributed by atoms with van der Waals surface area (Å²) in [5, 5.41) is 17.9. The van der Waals surface area contributed by atoms with Crippen LogP contribution in [0.25, 0.3) is 10.9 Å². The maximum atomic E-state index is 13.2. The molecule has 0 saturated carbocycles. The molecule has 0 bridgehead atoms. The molecular weight excluding hydrogens is 948 g/mol. The number of alkyl halides is 3. The summed E-state index contributed by atoms with van der Waals surface area (Å²) in [6.07, 6.45) is -1.24. The highest BCUT2D eigenvalue weighted by Crippen LogP contribution is 2.37. The number of hydrogen-bond donors (Lipinski definition) is 3. The van der Waals surface area contributed by atoms with E-state index >= 15 is 0 Å². The van der Waals surface area contributed by atoms with Gasteiger partial charge in [0, 0.05) is 60.5 Å². The minimum Gasteiger partial charge on any atom is -0.497 e. The van der Waals surface area contributed by atoms with E-state index in [1.165, 1.54) is 34.4 Å². The molecule has 5 aromatic carbocycles. The lowest BCUT2D eigenvalue weighted by Crippen LogP contribution is -2.38. The maximum absolute atomic E-state index is 13.2. The first-order chi connectivity index (χ1) is 34.2. The number of fused-ring (bicyclic) bond motifs is 2. The van der Waals surface area contributed by atoms with Crippen molar-refractivity contribution in [2.45, 2.75) is 51.1 Å². The molecule has 6 aromatic rings. The molecule has 4 N–H and O–H groups in total. The van der Waals surface area contributed by atoms with Gasteiger partial charge in [-0.15, -0.1) is 0 Å². The van der Waals surface area contributed by atoms with Crippen molar-refractivity contribution in [3.8, 4) is 23.0 Å². The summed E-state index contributed by atoms with van der Waals surface area (Å²) < 4.78 is 79.3. The summed E-state index contributed by atoms with van der Waals surface area (Å²) in [6.45, 7) is 5.71. The number of ether oxygens (including phenoxy) is 5. The number of nitrogens with two attached hydrogens (primary N) is 1. The first kappa shape index (κ1) is 53.7. The van der Waals surface area contributed by atoms with Crippen LogP contribution >= 0.6 is 11.6 Å². The molecule has 1 fully saturated rings. The van der Waals surface area contributed by atoms with Gasteiger partial charge in [0.15, 0.2) is 11.5 Å². The molecule has 3 heterocycles. The molecule has 0 aliphatic carbocycles. The van der Waals surface area contributed by atoms with Crippen LogP contribution in [0.1, 0.15) is 69.9 Å². The summed E-state index contributed by atoms with van der Waals surface area (Å²) in [7, 11) is 3.16. The zero-order chi connectivity index (χ0) is 50.9. The lowest BCUT2D eigenvalue weighted by Gasteiger charge is -2.32. The van der Waals surface area contributed by atoms with Crippen LogP contribution in [0.3, 0.4) is 0 Å². The summed E-state index contributed by atoms with van der Waals surface area (Å²) in [4.78, 5) is 29.3. The van der Waals surface area contributed by atoms with E-state index in [4.69, 9.17) is 45.9 Å². The fraction of sp³-hybridized carbons (Fsp3) is 0.340. The maximum Gasteiger partial charge on any atom is 0.416 e. The number of nitrogens with zero attached hydrogens (tertiary/aromatic N) is 2. The van der Waals surface area contributed by atoms with E-state index < -0.39 is 17.7 Å². The van der Waals surface area contributed by atoms with Crippen molar-refractivity contribution in [3.63, 3.8) is 0 Å². The van der Waals surface area contributed by atoms with Crippen LogP contribution < -0.4 is 30.0 Å². The molecule has 71 heavy (non-hydrogen) atoms.